The molecule has 1 fully saturated rings. The Bertz CT molecular complexity index is 408. The SMILES string of the molecule is CC1CCCC(C)N1C(=O)c1cccc(I)c1. The van der Waals surface area contributed by atoms with E-state index in [9.17, 15) is 4.79 Å². The average Bonchev–Trinajstić information content (AvgIpc) is 2.28. The number of carbonyl (C=O) groups excluding carboxylic acids is 1. The minimum absolute atomic E-state index is 0.184. The molecule has 0 radical (unpaired) electrons. The zero-order valence-corrected chi connectivity index (χ0v) is 12.5. The monoisotopic (exact) mass is 343 g/mol. The largest absolute Gasteiger partial charge is 0.333 e. The first-order valence-electron chi connectivity index (χ1n) is 6.18. The molecular formula is C14H18INO. The van der Waals surface area contributed by atoms with Crippen LogP contribution in [0.2, 0.25) is 0 Å². The number of rotatable bonds is 1. The maximum Gasteiger partial charge on any atom is 0.254 e. The zero-order valence-electron chi connectivity index (χ0n) is 10.3. The van der Waals surface area contributed by atoms with E-state index < -0.39 is 0 Å². The van der Waals surface area contributed by atoms with Gasteiger partial charge in [0.05, 0.1) is 0 Å². The van der Waals surface area contributed by atoms with Crippen molar-refractivity contribution in [3.05, 3.63) is 33.4 Å². The second-order valence-corrected chi connectivity index (χ2v) is 6.10. The smallest absolute Gasteiger partial charge is 0.254 e. The van der Waals surface area contributed by atoms with Gasteiger partial charge in [-0.15, -0.1) is 0 Å². The van der Waals surface area contributed by atoms with E-state index in [0.29, 0.717) is 12.1 Å². The summed E-state index contributed by atoms with van der Waals surface area (Å²) in [6, 6.07) is 8.58. The van der Waals surface area contributed by atoms with E-state index in [1.165, 1.54) is 6.42 Å². The fraction of sp³-hybridized carbons (Fsp3) is 0.500. The van der Waals surface area contributed by atoms with Crippen LogP contribution in [0.4, 0.5) is 0 Å². The highest BCUT2D eigenvalue weighted by Gasteiger charge is 2.29. The Hall–Kier alpha value is -0.580. The van der Waals surface area contributed by atoms with E-state index >= 15 is 0 Å². The number of hydrogen-bond acceptors (Lipinski definition) is 1. The van der Waals surface area contributed by atoms with Gasteiger partial charge in [-0.2, -0.15) is 0 Å². The highest BCUT2D eigenvalue weighted by atomic mass is 127. The maximum absolute atomic E-state index is 12.5. The molecule has 17 heavy (non-hydrogen) atoms. The van der Waals surface area contributed by atoms with Gasteiger partial charge >= 0.3 is 0 Å². The van der Waals surface area contributed by atoms with Crippen LogP contribution in [0.25, 0.3) is 0 Å². The summed E-state index contributed by atoms with van der Waals surface area (Å²) in [5, 5.41) is 0. The quantitative estimate of drug-likeness (QED) is 0.712. The Labute approximate surface area is 117 Å². The first-order chi connectivity index (χ1) is 8.09. The third-order valence-corrected chi connectivity index (χ3v) is 4.17. The van der Waals surface area contributed by atoms with Crippen LogP contribution in [-0.4, -0.2) is 22.9 Å². The first-order valence-corrected chi connectivity index (χ1v) is 7.25. The third-order valence-electron chi connectivity index (χ3n) is 3.50. The second-order valence-electron chi connectivity index (χ2n) is 4.85. The van der Waals surface area contributed by atoms with Gasteiger partial charge in [-0.05, 0) is 73.9 Å². The van der Waals surface area contributed by atoms with E-state index in [1.807, 2.05) is 24.3 Å². The number of carbonyl (C=O) groups is 1. The van der Waals surface area contributed by atoms with Crippen LogP contribution in [-0.2, 0) is 0 Å². The molecule has 0 spiro atoms. The number of amides is 1. The van der Waals surface area contributed by atoms with Crippen LogP contribution in [0.3, 0.4) is 0 Å². The summed E-state index contributed by atoms with van der Waals surface area (Å²) in [7, 11) is 0. The molecule has 1 aromatic carbocycles. The van der Waals surface area contributed by atoms with Crippen LogP contribution in [0.5, 0.6) is 0 Å². The van der Waals surface area contributed by atoms with Crippen molar-refractivity contribution in [1.29, 1.82) is 0 Å². The molecule has 1 heterocycles. The van der Waals surface area contributed by atoms with Crippen molar-refractivity contribution in [2.24, 2.45) is 0 Å². The van der Waals surface area contributed by atoms with Crippen molar-refractivity contribution in [3.8, 4) is 0 Å². The Morgan fingerprint density at radius 2 is 1.94 bits per heavy atom. The third kappa shape index (κ3) is 2.81. The topological polar surface area (TPSA) is 20.3 Å². The van der Waals surface area contributed by atoms with Gasteiger partial charge < -0.3 is 4.90 Å². The second kappa shape index (κ2) is 5.38. The normalized spacial score (nSPS) is 24.8. The molecule has 1 aliphatic rings. The number of halogens is 1. The molecule has 0 aromatic heterocycles. The van der Waals surface area contributed by atoms with Crippen molar-refractivity contribution in [1.82, 2.24) is 4.90 Å². The predicted molar refractivity (Wildman–Crippen MR) is 78.1 cm³/mol. The lowest BCUT2D eigenvalue weighted by molar-refractivity contribution is 0.0510. The maximum atomic E-state index is 12.5. The molecule has 2 unspecified atom stereocenters. The molecular weight excluding hydrogens is 325 g/mol. The van der Waals surface area contributed by atoms with E-state index in [2.05, 4.69) is 41.3 Å². The molecule has 0 bridgehead atoms. The summed E-state index contributed by atoms with van der Waals surface area (Å²) >= 11 is 2.25. The van der Waals surface area contributed by atoms with Crippen LogP contribution in [0.15, 0.2) is 24.3 Å². The highest BCUT2D eigenvalue weighted by Crippen LogP contribution is 2.24. The van der Waals surface area contributed by atoms with Gasteiger partial charge in [0, 0.05) is 21.2 Å². The molecule has 92 valence electrons. The molecule has 1 aromatic rings. The highest BCUT2D eigenvalue weighted by molar-refractivity contribution is 14.1. The van der Waals surface area contributed by atoms with Crippen LogP contribution < -0.4 is 0 Å². The Morgan fingerprint density at radius 1 is 1.29 bits per heavy atom. The molecule has 3 heteroatoms. The summed E-state index contributed by atoms with van der Waals surface area (Å²) in [6.07, 6.45) is 3.48. The Kier molecular flexibility index (Phi) is 4.07. The van der Waals surface area contributed by atoms with E-state index in [4.69, 9.17) is 0 Å². The Morgan fingerprint density at radius 3 is 2.53 bits per heavy atom. The van der Waals surface area contributed by atoms with Gasteiger partial charge in [-0.25, -0.2) is 0 Å². The lowest BCUT2D eigenvalue weighted by Crippen LogP contribution is -2.47. The minimum atomic E-state index is 0.184. The van der Waals surface area contributed by atoms with Crippen LogP contribution >= 0.6 is 22.6 Å². The van der Waals surface area contributed by atoms with Crippen LogP contribution in [0.1, 0.15) is 43.5 Å². The summed E-state index contributed by atoms with van der Waals surface area (Å²) in [5.74, 6) is 0.184. The van der Waals surface area contributed by atoms with Crippen molar-refractivity contribution in [3.63, 3.8) is 0 Å². The molecule has 1 aliphatic heterocycles. The van der Waals surface area contributed by atoms with Gasteiger partial charge in [0.2, 0.25) is 0 Å². The fourth-order valence-corrected chi connectivity index (χ4v) is 3.14. The van der Waals surface area contributed by atoms with Gasteiger partial charge in [-0.1, -0.05) is 6.07 Å². The molecule has 0 aliphatic carbocycles. The summed E-state index contributed by atoms with van der Waals surface area (Å²) in [4.78, 5) is 14.5. The molecule has 0 saturated carbocycles. The zero-order chi connectivity index (χ0) is 12.4. The van der Waals surface area contributed by atoms with E-state index in [1.54, 1.807) is 0 Å². The van der Waals surface area contributed by atoms with Gasteiger partial charge in [0.15, 0.2) is 0 Å². The molecule has 1 amide bonds. The number of benzene rings is 1. The molecule has 2 atom stereocenters. The predicted octanol–water partition coefficient (Wildman–Crippen LogP) is 3.69. The van der Waals surface area contributed by atoms with Crippen molar-refractivity contribution < 1.29 is 4.79 Å². The van der Waals surface area contributed by atoms with Crippen molar-refractivity contribution in [2.75, 3.05) is 0 Å². The standard InChI is InChI=1S/C14H18INO/c1-10-5-3-6-11(2)16(10)14(17)12-7-4-8-13(15)9-12/h4,7-11H,3,5-6H2,1-2H3. The molecule has 0 N–H and O–H groups in total. The molecule has 2 nitrogen and oxygen atoms in total. The van der Waals surface area contributed by atoms with Gasteiger partial charge in [-0.3, -0.25) is 4.79 Å². The number of likely N-dealkylation sites (tertiary alicyclic amines) is 1. The van der Waals surface area contributed by atoms with E-state index in [0.717, 1.165) is 22.0 Å². The lowest BCUT2D eigenvalue weighted by Gasteiger charge is -2.39. The average molecular weight is 343 g/mol. The molecule has 1 saturated heterocycles. The number of piperidine rings is 1. The Balaban J connectivity index is 2.24. The number of nitrogens with zero attached hydrogens (tertiary/aromatic N) is 1. The lowest BCUT2D eigenvalue weighted by atomic mass is 9.96. The minimum Gasteiger partial charge on any atom is -0.333 e. The van der Waals surface area contributed by atoms with Gasteiger partial charge in [0.25, 0.3) is 5.91 Å². The number of hydrogen-bond donors (Lipinski definition) is 0. The van der Waals surface area contributed by atoms with Crippen molar-refractivity contribution >= 4 is 28.5 Å². The van der Waals surface area contributed by atoms with Crippen LogP contribution in [0, 0.1) is 3.57 Å². The van der Waals surface area contributed by atoms with Crippen molar-refractivity contribution in [2.45, 2.75) is 45.2 Å². The van der Waals surface area contributed by atoms with Gasteiger partial charge in [0.1, 0.15) is 0 Å². The summed E-state index contributed by atoms with van der Waals surface area (Å²) in [6.45, 7) is 4.31. The first kappa shape index (κ1) is 12.9. The van der Waals surface area contributed by atoms with E-state index in [-0.39, 0.29) is 5.91 Å². The molecule has 2 rings (SSSR count). The summed E-state index contributed by atoms with van der Waals surface area (Å²) < 4.78 is 1.12. The fourth-order valence-electron chi connectivity index (χ4n) is 2.59. The summed E-state index contributed by atoms with van der Waals surface area (Å²) in [5.41, 5.74) is 0.817.